The fourth-order valence-corrected chi connectivity index (χ4v) is 3.00. The quantitative estimate of drug-likeness (QED) is 0.867. The molecule has 0 unspecified atom stereocenters. The van der Waals surface area contributed by atoms with E-state index in [1.54, 1.807) is 6.07 Å². The summed E-state index contributed by atoms with van der Waals surface area (Å²) in [5, 5.41) is 3.02. The monoisotopic (exact) mass is 301 g/mol. The number of carbonyl (C=O) groups is 1. The Labute approximate surface area is 131 Å². The molecule has 0 saturated heterocycles. The second kappa shape index (κ2) is 6.86. The van der Waals surface area contributed by atoms with E-state index in [1.807, 2.05) is 13.0 Å². The summed E-state index contributed by atoms with van der Waals surface area (Å²) in [6, 6.07) is 3.67. The highest BCUT2D eigenvalue weighted by Gasteiger charge is 2.17. The van der Waals surface area contributed by atoms with Gasteiger partial charge in [0.15, 0.2) is 11.5 Å². The lowest BCUT2D eigenvalue weighted by Crippen LogP contribution is -2.26. The maximum Gasteiger partial charge on any atom is 0.251 e. The number of nitrogens with one attached hydrogen (secondary N) is 1. The lowest BCUT2D eigenvalue weighted by molar-refractivity contribution is 0.0952. The van der Waals surface area contributed by atoms with Crippen LogP contribution in [0.2, 0.25) is 0 Å². The number of amides is 1. The van der Waals surface area contributed by atoms with Gasteiger partial charge in [-0.25, -0.2) is 0 Å². The number of allylic oxidation sites excluding steroid dienone is 1. The first-order chi connectivity index (χ1) is 10.7. The smallest absolute Gasteiger partial charge is 0.251 e. The van der Waals surface area contributed by atoms with E-state index in [2.05, 4.69) is 11.4 Å². The molecule has 1 aromatic rings. The Morgan fingerprint density at radius 2 is 1.95 bits per heavy atom. The van der Waals surface area contributed by atoms with Gasteiger partial charge in [-0.2, -0.15) is 0 Å². The third-order valence-electron chi connectivity index (χ3n) is 4.25. The molecule has 22 heavy (non-hydrogen) atoms. The lowest BCUT2D eigenvalue weighted by atomic mass is 9.97. The predicted molar refractivity (Wildman–Crippen MR) is 85.7 cm³/mol. The highest BCUT2D eigenvalue weighted by Crippen LogP contribution is 2.33. The van der Waals surface area contributed by atoms with Gasteiger partial charge >= 0.3 is 0 Å². The molecular formula is C18H23NO3. The van der Waals surface area contributed by atoms with Crippen molar-refractivity contribution in [2.24, 2.45) is 0 Å². The van der Waals surface area contributed by atoms with Crippen LogP contribution in [-0.2, 0) is 0 Å². The fourth-order valence-electron chi connectivity index (χ4n) is 3.00. The zero-order chi connectivity index (χ0) is 15.4. The number of fused-ring (bicyclic) bond motifs is 1. The molecule has 0 atom stereocenters. The number of rotatable bonds is 4. The molecule has 0 saturated carbocycles. The average Bonchev–Trinajstić information content (AvgIpc) is 2.55. The largest absolute Gasteiger partial charge is 0.486 e. The van der Waals surface area contributed by atoms with Crippen LogP contribution in [0.3, 0.4) is 0 Å². The molecule has 0 bridgehead atoms. The van der Waals surface area contributed by atoms with Crippen LogP contribution in [0.15, 0.2) is 23.8 Å². The summed E-state index contributed by atoms with van der Waals surface area (Å²) in [5.74, 6) is 1.36. The van der Waals surface area contributed by atoms with Crippen molar-refractivity contribution in [3.05, 3.63) is 34.9 Å². The number of carbonyl (C=O) groups excluding carboxylic acids is 1. The number of benzene rings is 1. The molecule has 1 amide bonds. The van der Waals surface area contributed by atoms with Crippen molar-refractivity contribution in [1.29, 1.82) is 0 Å². The highest BCUT2D eigenvalue weighted by molar-refractivity contribution is 5.96. The van der Waals surface area contributed by atoms with Crippen LogP contribution in [0.1, 0.15) is 48.0 Å². The Morgan fingerprint density at radius 1 is 1.18 bits per heavy atom. The normalized spacial score (nSPS) is 16.9. The first kappa shape index (κ1) is 14.9. The van der Waals surface area contributed by atoms with Crippen molar-refractivity contribution in [2.75, 3.05) is 19.8 Å². The standard InChI is InChI=1S/C18H23NO3/c1-13-11-16-17(22-10-9-21-16)12-15(13)18(20)19-8-7-14-5-3-2-4-6-14/h5,11-12H,2-4,6-10H2,1H3,(H,19,20). The van der Waals surface area contributed by atoms with Crippen molar-refractivity contribution in [1.82, 2.24) is 5.32 Å². The Kier molecular flexibility index (Phi) is 4.66. The average molecular weight is 301 g/mol. The molecule has 4 heteroatoms. The van der Waals surface area contributed by atoms with Gasteiger partial charge in [0.25, 0.3) is 5.91 Å². The van der Waals surface area contributed by atoms with Gasteiger partial charge in [0.1, 0.15) is 13.2 Å². The third kappa shape index (κ3) is 3.43. The Hall–Kier alpha value is -1.97. The minimum atomic E-state index is -0.0362. The summed E-state index contributed by atoms with van der Waals surface area (Å²) in [6.45, 7) is 3.72. The second-order valence-electron chi connectivity index (χ2n) is 5.92. The molecule has 1 aliphatic carbocycles. The maximum absolute atomic E-state index is 12.4. The van der Waals surface area contributed by atoms with E-state index in [0.717, 1.165) is 17.7 Å². The number of hydrogen-bond acceptors (Lipinski definition) is 3. The molecule has 1 aromatic carbocycles. The van der Waals surface area contributed by atoms with Crippen molar-refractivity contribution < 1.29 is 14.3 Å². The summed E-state index contributed by atoms with van der Waals surface area (Å²) < 4.78 is 11.1. The summed E-state index contributed by atoms with van der Waals surface area (Å²) in [5.41, 5.74) is 3.06. The third-order valence-corrected chi connectivity index (χ3v) is 4.25. The molecule has 1 N–H and O–H groups in total. The van der Waals surface area contributed by atoms with Gasteiger partial charge in [-0.15, -0.1) is 0 Å². The van der Waals surface area contributed by atoms with Gasteiger partial charge < -0.3 is 14.8 Å². The molecule has 0 radical (unpaired) electrons. The van der Waals surface area contributed by atoms with Crippen LogP contribution < -0.4 is 14.8 Å². The Bertz CT molecular complexity index is 592. The molecule has 4 nitrogen and oxygen atoms in total. The van der Waals surface area contributed by atoms with E-state index < -0.39 is 0 Å². The van der Waals surface area contributed by atoms with Crippen LogP contribution in [0.25, 0.3) is 0 Å². The molecule has 0 spiro atoms. The zero-order valence-corrected chi connectivity index (χ0v) is 13.1. The van der Waals surface area contributed by atoms with E-state index in [9.17, 15) is 4.79 Å². The first-order valence-electron chi connectivity index (χ1n) is 8.10. The summed E-state index contributed by atoms with van der Waals surface area (Å²) in [4.78, 5) is 12.4. The van der Waals surface area contributed by atoms with E-state index in [0.29, 0.717) is 31.1 Å². The lowest BCUT2D eigenvalue weighted by Gasteiger charge is -2.20. The molecule has 2 aliphatic rings. The number of hydrogen-bond donors (Lipinski definition) is 1. The second-order valence-corrected chi connectivity index (χ2v) is 5.92. The van der Waals surface area contributed by atoms with Gasteiger partial charge in [0, 0.05) is 12.1 Å². The molecule has 1 aliphatic heterocycles. The SMILES string of the molecule is Cc1cc2c(cc1C(=O)NCCC1=CCCCC1)OCCO2. The van der Waals surface area contributed by atoms with E-state index >= 15 is 0 Å². The summed E-state index contributed by atoms with van der Waals surface area (Å²) >= 11 is 0. The van der Waals surface area contributed by atoms with Crippen LogP contribution in [0.5, 0.6) is 11.5 Å². The van der Waals surface area contributed by atoms with Gasteiger partial charge in [-0.3, -0.25) is 4.79 Å². The van der Waals surface area contributed by atoms with Crippen LogP contribution in [0, 0.1) is 6.92 Å². The number of ether oxygens (including phenoxy) is 2. The van der Waals surface area contributed by atoms with Crippen LogP contribution in [0.4, 0.5) is 0 Å². The minimum absolute atomic E-state index is 0.0362. The highest BCUT2D eigenvalue weighted by atomic mass is 16.6. The molecule has 118 valence electrons. The summed E-state index contributed by atoms with van der Waals surface area (Å²) in [6.07, 6.45) is 8.22. The van der Waals surface area contributed by atoms with Crippen LogP contribution in [-0.4, -0.2) is 25.7 Å². The first-order valence-corrected chi connectivity index (χ1v) is 8.10. The molecule has 1 heterocycles. The van der Waals surface area contributed by atoms with Crippen molar-refractivity contribution in [3.8, 4) is 11.5 Å². The van der Waals surface area contributed by atoms with Gasteiger partial charge in [-0.05, 0) is 56.7 Å². The van der Waals surface area contributed by atoms with E-state index in [1.165, 1.54) is 31.3 Å². The topological polar surface area (TPSA) is 47.6 Å². The van der Waals surface area contributed by atoms with Gasteiger partial charge in [0.05, 0.1) is 0 Å². The molecule has 3 rings (SSSR count). The minimum Gasteiger partial charge on any atom is -0.486 e. The Morgan fingerprint density at radius 3 is 2.68 bits per heavy atom. The fraction of sp³-hybridized carbons (Fsp3) is 0.500. The van der Waals surface area contributed by atoms with Gasteiger partial charge in [0.2, 0.25) is 0 Å². The van der Waals surface area contributed by atoms with E-state index in [4.69, 9.17) is 9.47 Å². The zero-order valence-electron chi connectivity index (χ0n) is 13.1. The maximum atomic E-state index is 12.4. The van der Waals surface area contributed by atoms with Gasteiger partial charge in [-0.1, -0.05) is 11.6 Å². The molecular weight excluding hydrogens is 278 g/mol. The van der Waals surface area contributed by atoms with Crippen molar-refractivity contribution >= 4 is 5.91 Å². The number of aryl methyl sites for hydroxylation is 1. The molecule has 0 aromatic heterocycles. The molecule has 0 fully saturated rings. The van der Waals surface area contributed by atoms with Crippen molar-refractivity contribution in [2.45, 2.75) is 39.0 Å². The van der Waals surface area contributed by atoms with Crippen LogP contribution >= 0.6 is 0 Å². The van der Waals surface area contributed by atoms with Crippen molar-refractivity contribution in [3.63, 3.8) is 0 Å². The Balaban J connectivity index is 1.61. The predicted octanol–water partition coefficient (Wildman–Crippen LogP) is 3.39. The summed E-state index contributed by atoms with van der Waals surface area (Å²) in [7, 11) is 0. The van der Waals surface area contributed by atoms with E-state index in [-0.39, 0.29) is 5.91 Å².